The number of unbranched alkanes of at least 4 members (excludes halogenated alkanes) is 1. The highest BCUT2D eigenvalue weighted by atomic mass is 32.2. The SMILES string of the molecule is CCCCOc1ccc(C(=O)Nc2nnc(SCC(=O)N3CCc4ccccc43)s2)cc1. The van der Waals surface area contributed by atoms with Gasteiger partial charge in [0, 0.05) is 17.8 Å². The minimum absolute atomic E-state index is 0.0435. The van der Waals surface area contributed by atoms with Gasteiger partial charge in [-0.3, -0.25) is 14.9 Å². The molecule has 1 aliphatic heterocycles. The lowest BCUT2D eigenvalue weighted by Crippen LogP contribution is -2.30. The van der Waals surface area contributed by atoms with Gasteiger partial charge in [-0.1, -0.05) is 54.6 Å². The number of aromatic nitrogens is 2. The van der Waals surface area contributed by atoms with E-state index in [0.717, 1.165) is 30.7 Å². The molecule has 0 saturated carbocycles. The Hall–Kier alpha value is -2.91. The number of nitrogens with zero attached hydrogens (tertiary/aromatic N) is 3. The summed E-state index contributed by atoms with van der Waals surface area (Å²) >= 11 is 2.59. The number of carbonyl (C=O) groups is 2. The first-order chi connectivity index (χ1) is 15.6. The van der Waals surface area contributed by atoms with Crippen LogP contribution in [-0.2, 0) is 11.2 Å². The fourth-order valence-electron chi connectivity index (χ4n) is 3.32. The minimum Gasteiger partial charge on any atom is -0.494 e. The molecule has 1 N–H and O–H groups in total. The van der Waals surface area contributed by atoms with E-state index in [9.17, 15) is 9.59 Å². The fraction of sp³-hybridized carbons (Fsp3) is 0.304. The summed E-state index contributed by atoms with van der Waals surface area (Å²) in [5.74, 6) is 0.801. The Morgan fingerprint density at radius 2 is 1.97 bits per heavy atom. The molecule has 0 atom stereocenters. The first-order valence-electron chi connectivity index (χ1n) is 10.5. The number of nitrogens with one attached hydrogen (secondary N) is 1. The summed E-state index contributed by atoms with van der Waals surface area (Å²) in [6.45, 7) is 3.48. The number of hydrogen-bond donors (Lipinski definition) is 1. The van der Waals surface area contributed by atoms with Crippen LogP contribution in [-0.4, -0.2) is 40.9 Å². The Kier molecular flexibility index (Phi) is 7.39. The lowest BCUT2D eigenvalue weighted by molar-refractivity contribution is -0.116. The van der Waals surface area contributed by atoms with Gasteiger partial charge >= 0.3 is 0 Å². The van der Waals surface area contributed by atoms with Gasteiger partial charge in [-0.05, 0) is 48.7 Å². The fourth-order valence-corrected chi connectivity index (χ4v) is 4.95. The van der Waals surface area contributed by atoms with Crippen molar-refractivity contribution in [2.24, 2.45) is 0 Å². The molecule has 1 aliphatic rings. The van der Waals surface area contributed by atoms with Crippen LogP contribution in [0.4, 0.5) is 10.8 Å². The molecule has 9 heteroatoms. The molecule has 0 fully saturated rings. The summed E-state index contributed by atoms with van der Waals surface area (Å²) in [7, 11) is 0. The number of carbonyl (C=O) groups excluding carboxylic acids is 2. The van der Waals surface area contributed by atoms with Gasteiger partial charge in [0.2, 0.25) is 11.0 Å². The lowest BCUT2D eigenvalue weighted by atomic mass is 10.2. The molecule has 0 bridgehead atoms. The van der Waals surface area contributed by atoms with Gasteiger partial charge in [0.25, 0.3) is 5.91 Å². The molecule has 166 valence electrons. The molecule has 2 heterocycles. The van der Waals surface area contributed by atoms with Gasteiger partial charge in [0.15, 0.2) is 4.34 Å². The number of hydrogen-bond acceptors (Lipinski definition) is 7. The van der Waals surface area contributed by atoms with E-state index in [4.69, 9.17) is 4.74 Å². The van der Waals surface area contributed by atoms with E-state index in [1.54, 1.807) is 24.3 Å². The van der Waals surface area contributed by atoms with Crippen LogP contribution < -0.4 is 15.0 Å². The zero-order valence-corrected chi connectivity index (χ0v) is 19.4. The largest absolute Gasteiger partial charge is 0.494 e. The van der Waals surface area contributed by atoms with Crippen molar-refractivity contribution in [3.05, 3.63) is 59.7 Å². The molecule has 3 aromatic rings. The predicted molar refractivity (Wildman–Crippen MR) is 128 cm³/mol. The smallest absolute Gasteiger partial charge is 0.257 e. The summed E-state index contributed by atoms with van der Waals surface area (Å²) in [5, 5.41) is 11.3. The van der Waals surface area contributed by atoms with E-state index < -0.39 is 0 Å². The van der Waals surface area contributed by atoms with Crippen LogP contribution in [0.5, 0.6) is 5.75 Å². The Balaban J connectivity index is 1.27. The van der Waals surface area contributed by atoms with Crippen LogP contribution in [0.1, 0.15) is 35.7 Å². The maximum absolute atomic E-state index is 12.6. The maximum atomic E-state index is 12.6. The number of thioether (sulfide) groups is 1. The molecule has 4 rings (SSSR count). The standard InChI is InChI=1S/C23H24N4O3S2/c1-2-3-14-30-18-10-8-17(9-11-18)21(29)24-22-25-26-23(32-22)31-15-20(28)27-13-12-16-6-4-5-7-19(16)27/h4-11H,2-3,12-15H2,1H3,(H,24,25,29). The van der Waals surface area contributed by atoms with Crippen LogP contribution in [0.25, 0.3) is 0 Å². The molecule has 2 amide bonds. The molecule has 32 heavy (non-hydrogen) atoms. The average molecular weight is 469 g/mol. The average Bonchev–Trinajstić information content (AvgIpc) is 3.45. The number of ether oxygens (including phenoxy) is 1. The van der Waals surface area contributed by atoms with Crippen molar-refractivity contribution in [3.63, 3.8) is 0 Å². The molecule has 0 spiro atoms. The van der Waals surface area contributed by atoms with E-state index in [2.05, 4.69) is 28.5 Å². The molecule has 0 radical (unpaired) electrons. The Labute approximate surface area is 195 Å². The Morgan fingerprint density at radius 3 is 2.78 bits per heavy atom. The number of amides is 2. The second-order valence-corrected chi connectivity index (χ2v) is 9.47. The second-order valence-electron chi connectivity index (χ2n) is 7.27. The second kappa shape index (κ2) is 10.6. The third-order valence-electron chi connectivity index (χ3n) is 5.02. The van der Waals surface area contributed by atoms with Gasteiger partial charge in [0.1, 0.15) is 5.75 Å². The number of rotatable bonds is 9. The quantitative estimate of drug-likeness (QED) is 0.280. The van der Waals surface area contributed by atoms with E-state index in [1.165, 1.54) is 28.7 Å². The number of fused-ring (bicyclic) bond motifs is 1. The van der Waals surface area contributed by atoms with Crippen molar-refractivity contribution in [2.75, 3.05) is 29.1 Å². The molecular formula is C23H24N4O3S2. The molecule has 2 aromatic carbocycles. The van der Waals surface area contributed by atoms with Crippen LogP contribution in [0.15, 0.2) is 52.9 Å². The normalized spacial score (nSPS) is 12.5. The van der Waals surface area contributed by atoms with Crippen molar-refractivity contribution in [2.45, 2.75) is 30.5 Å². The Bertz CT molecular complexity index is 1080. The van der Waals surface area contributed by atoms with Crippen LogP contribution in [0, 0.1) is 0 Å². The monoisotopic (exact) mass is 468 g/mol. The van der Waals surface area contributed by atoms with Crippen molar-refractivity contribution in [3.8, 4) is 5.75 Å². The third kappa shape index (κ3) is 5.46. The van der Waals surface area contributed by atoms with Crippen molar-refractivity contribution in [1.29, 1.82) is 0 Å². The highest BCUT2D eigenvalue weighted by Gasteiger charge is 2.24. The lowest BCUT2D eigenvalue weighted by Gasteiger charge is -2.16. The van der Waals surface area contributed by atoms with Gasteiger partial charge in [-0.25, -0.2) is 0 Å². The summed E-state index contributed by atoms with van der Waals surface area (Å²) in [5.41, 5.74) is 2.71. The number of benzene rings is 2. The molecule has 1 aromatic heterocycles. The van der Waals surface area contributed by atoms with E-state index in [0.29, 0.717) is 28.2 Å². The Morgan fingerprint density at radius 1 is 1.16 bits per heavy atom. The number of para-hydroxylation sites is 1. The van der Waals surface area contributed by atoms with Crippen molar-refractivity contribution < 1.29 is 14.3 Å². The van der Waals surface area contributed by atoms with Crippen LogP contribution >= 0.6 is 23.1 Å². The third-order valence-corrected chi connectivity index (χ3v) is 6.97. The number of anilines is 2. The molecular weight excluding hydrogens is 444 g/mol. The van der Waals surface area contributed by atoms with Gasteiger partial charge < -0.3 is 9.64 Å². The highest BCUT2D eigenvalue weighted by Crippen LogP contribution is 2.30. The van der Waals surface area contributed by atoms with Crippen LogP contribution in [0.2, 0.25) is 0 Å². The van der Waals surface area contributed by atoms with Crippen molar-refractivity contribution >= 4 is 45.7 Å². The first kappa shape index (κ1) is 22.3. The van der Waals surface area contributed by atoms with E-state index >= 15 is 0 Å². The summed E-state index contributed by atoms with van der Waals surface area (Å²) in [6, 6.07) is 15.0. The molecule has 7 nitrogen and oxygen atoms in total. The topological polar surface area (TPSA) is 84.4 Å². The van der Waals surface area contributed by atoms with Crippen molar-refractivity contribution in [1.82, 2.24) is 10.2 Å². The highest BCUT2D eigenvalue weighted by molar-refractivity contribution is 8.01. The summed E-state index contributed by atoms with van der Waals surface area (Å²) in [6.07, 6.45) is 2.95. The maximum Gasteiger partial charge on any atom is 0.257 e. The zero-order chi connectivity index (χ0) is 22.3. The van der Waals surface area contributed by atoms with Crippen LogP contribution in [0.3, 0.4) is 0 Å². The van der Waals surface area contributed by atoms with E-state index in [1.807, 2.05) is 23.1 Å². The van der Waals surface area contributed by atoms with E-state index in [-0.39, 0.29) is 17.6 Å². The molecule has 0 aliphatic carbocycles. The molecule has 0 unspecified atom stereocenters. The van der Waals surface area contributed by atoms with Gasteiger partial charge in [-0.2, -0.15) is 0 Å². The predicted octanol–water partition coefficient (Wildman–Crippen LogP) is 4.65. The zero-order valence-electron chi connectivity index (χ0n) is 17.7. The molecule has 0 saturated heterocycles. The first-order valence-corrected chi connectivity index (χ1v) is 12.3. The summed E-state index contributed by atoms with van der Waals surface area (Å²) < 4.78 is 6.26. The summed E-state index contributed by atoms with van der Waals surface area (Å²) in [4.78, 5) is 26.9. The van der Waals surface area contributed by atoms with Gasteiger partial charge in [-0.15, -0.1) is 10.2 Å². The minimum atomic E-state index is -0.262. The van der Waals surface area contributed by atoms with Gasteiger partial charge in [0.05, 0.1) is 12.4 Å².